The fourth-order valence-corrected chi connectivity index (χ4v) is 6.97. The van der Waals surface area contributed by atoms with Crippen LogP contribution in [-0.4, -0.2) is 70.8 Å². The first-order chi connectivity index (χ1) is 24.9. The van der Waals surface area contributed by atoms with E-state index in [0.717, 1.165) is 34.6 Å². The van der Waals surface area contributed by atoms with E-state index >= 15 is 0 Å². The molecule has 0 aromatic heterocycles. The van der Waals surface area contributed by atoms with Gasteiger partial charge in [0, 0.05) is 18.0 Å². The number of hydrogen-bond donors (Lipinski definition) is 2. The lowest BCUT2D eigenvalue weighted by molar-refractivity contribution is -0.276. The zero-order valence-electron chi connectivity index (χ0n) is 30.0. The molecule has 3 aromatic carbocycles. The Morgan fingerprint density at radius 2 is 1.69 bits per heavy atom. The van der Waals surface area contributed by atoms with E-state index in [1.165, 1.54) is 0 Å². The van der Waals surface area contributed by atoms with Crippen LogP contribution < -0.4 is 10.2 Å². The summed E-state index contributed by atoms with van der Waals surface area (Å²) in [4.78, 5) is 55.5. The van der Waals surface area contributed by atoms with Gasteiger partial charge in [-0.05, 0) is 69.0 Å². The van der Waals surface area contributed by atoms with Crippen molar-refractivity contribution < 1.29 is 43.2 Å². The number of carbonyl (C=O) groups is 4. The van der Waals surface area contributed by atoms with E-state index < -0.39 is 41.9 Å². The average molecular weight is 714 g/mol. The van der Waals surface area contributed by atoms with E-state index in [-0.39, 0.29) is 43.7 Å². The van der Waals surface area contributed by atoms with Gasteiger partial charge in [-0.1, -0.05) is 73.7 Å². The van der Waals surface area contributed by atoms with Gasteiger partial charge in [-0.3, -0.25) is 19.3 Å². The smallest absolute Gasteiger partial charge is 0.408 e. The fourth-order valence-electron chi connectivity index (χ4n) is 6.97. The van der Waals surface area contributed by atoms with Gasteiger partial charge in [0.2, 0.25) is 5.91 Å². The van der Waals surface area contributed by atoms with Crippen LogP contribution in [-0.2, 0) is 46.5 Å². The summed E-state index contributed by atoms with van der Waals surface area (Å²) >= 11 is 0. The number of nitrogens with one attached hydrogen (secondary N) is 1. The van der Waals surface area contributed by atoms with Crippen LogP contribution in [0.2, 0.25) is 0 Å². The molecule has 3 amide bonds. The van der Waals surface area contributed by atoms with E-state index in [0.29, 0.717) is 24.2 Å². The minimum Gasteiger partial charge on any atom is -0.459 e. The van der Waals surface area contributed by atoms with Gasteiger partial charge in [0.05, 0.1) is 30.9 Å². The third kappa shape index (κ3) is 8.70. The maximum atomic E-state index is 13.5. The molecule has 52 heavy (non-hydrogen) atoms. The lowest BCUT2D eigenvalue weighted by Crippen LogP contribution is -2.48. The van der Waals surface area contributed by atoms with Gasteiger partial charge in [-0.25, -0.2) is 9.69 Å². The molecule has 3 saturated heterocycles. The molecule has 0 spiro atoms. The van der Waals surface area contributed by atoms with E-state index in [2.05, 4.69) is 17.1 Å². The van der Waals surface area contributed by atoms with Crippen LogP contribution in [0.1, 0.15) is 81.6 Å². The third-order valence-corrected chi connectivity index (χ3v) is 9.63. The van der Waals surface area contributed by atoms with Crippen LogP contribution in [0.4, 0.5) is 10.5 Å². The molecule has 0 saturated carbocycles. The van der Waals surface area contributed by atoms with Crippen molar-refractivity contribution in [2.24, 2.45) is 5.92 Å². The minimum absolute atomic E-state index is 0.0281. The lowest BCUT2D eigenvalue weighted by atomic mass is 9.90. The van der Waals surface area contributed by atoms with Crippen molar-refractivity contribution in [2.45, 2.75) is 96.4 Å². The molecule has 6 unspecified atom stereocenters. The van der Waals surface area contributed by atoms with Crippen LogP contribution in [0, 0.1) is 5.92 Å². The molecule has 0 aliphatic carbocycles. The van der Waals surface area contributed by atoms with Crippen LogP contribution in [0.25, 0.3) is 0 Å². The topological polar surface area (TPSA) is 144 Å². The van der Waals surface area contributed by atoms with Crippen molar-refractivity contribution >= 4 is 29.6 Å². The van der Waals surface area contributed by atoms with Crippen LogP contribution in [0.5, 0.6) is 0 Å². The standard InChI is InChI=1S/C40H47N3O9/c1-25-33(22-42-19-9-14-32(42)37(47)52-40(2,3)4)50-38(51-35(25)28-17-15-26(23-44)16-18-28)29-12-8-13-30(20-29)43-34(45)21-31(36(43)46)41-39(48)49-24-27-10-6-5-7-11-27/h5-8,10-13,15-18,20,25,31-33,35,38,44H,9,14,19,21-24H2,1-4H3,(H,41,48). The maximum Gasteiger partial charge on any atom is 0.408 e. The first kappa shape index (κ1) is 37.1. The maximum absolute atomic E-state index is 13.5. The Balaban J connectivity index is 1.20. The number of benzene rings is 3. The number of carbonyl (C=O) groups excluding carboxylic acids is 4. The van der Waals surface area contributed by atoms with Crippen molar-refractivity contribution in [1.29, 1.82) is 0 Å². The molecule has 3 aromatic rings. The number of nitrogens with zero attached hydrogens (tertiary/aromatic N) is 2. The van der Waals surface area contributed by atoms with E-state index in [9.17, 15) is 24.3 Å². The molecule has 0 bridgehead atoms. The molecule has 276 valence electrons. The van der Waals surface area contributed by atoms with Crippen molar-refractivity contribution in [2.75, 3.05) is 18.0 Å². The van der Waals surface area contributed by atoms with Crippen molar-refractivity contribution in [3.05, 3.63) is 101 Å². The second-order valence-electron chi connectivity index (χ2n) is 14.6. The van der Waals surface area contributed by atoms with Gasteiger partial charge >= 0.3 is 12.1 Å². The monoisotopic (exact) mass is 713 g/mol. The number of hydrogen-bond acceptors (Lipinski definition) is 10. The molecule has 3 heterocycles. The lowest BCUT2D eigenvalue weighted by Gasteiger charge is -2.43. The summed E-state index contributed by atoms with van der Waals surface area (Å²) < 4.78 is 24.3. The first-order valence-corrected chi connectivity index (χ1v) is 17.8. The predicted octanol–water partition coefficient (Wildman–Crippen LogP) is 5.33. The highest BCUT2D eigenvalue weighted by Gasteiger charge is 2.44. The first-order valence-electron chi connectivity index (χ1n) is 17.8. The van der Waals surface area contributed by atoms with E-state index in [1.54, 1.807) is 18.2 Å². The minimum atomic E-state index is -1.07. The van der Waals surface area contributed by atoms with Crippen molar-refractivity contribution in [1.82, 2.24) is 10.2 Å². The molecule has 3 fully saturated rings. The van der Waals surface area contributed by atoms with Gasteiger partial charge in [-0.2, -0.15) is 0 Å². The van der Waals surface area contributed by atoms with Gasteiger partial charge < -0.3 is 29.4 Å². The highest BCUT2D eigenvalue weighted by atomic mass is 16.7. The number of ether oxygens (including phenoxy) is 4. The van der Waals surface area contributed by atoms with Gasteiger partial charge in [0.1, 0.15) is 24.3 Å². The zero-order valence-corrected chi connectivity index (χ0v) is 30.0. The Morgan fingerprint density at radius 3 is 2.40 bits per heavy atom. The molecule has 12 nitrogen and oxygen atoms in total. The number of alkyl carbamates (subject to hydrolysis) is 1. The third-order valence-electron chi connectivity index (χ3n) is 9.63. The summed E-state index contributed by atoms with van der Waals surface area (Å²) in [6.07, 6.45) is -1.09. The number of anilines is 1. The van der Waals surface area contributed by atoms with E-state index in [4.69, 9.17) is 18.9 Å². The number of aliphatic hydroxyl groups is 1. The second-order valence-corrected chi connectivity index (χ2v) is 14.6. The Morgan fingerprint density at radius 1 is 0.942 bits per heavy atom. The highest BCUT2D eigenvalue weighted by molar-refractivity contribution is 6.22. The molecule has 3 aliphatic heterocycles. The number of aliphatic hydroxyl groups excluding tert-OH is 1. The molecule has 0 radical (unpaired) electrons. The molecule has 6 atom stereocenters. The molecule has 6 rings (SSSR count). The Hall–Kier alpha value is -4.62. The number of esters is 1. The highest BCUT2D eigenvalue weighted by Crippen LogP contribution is 2.43. The molecular weight excluding hydrogens is 666 g/mol. The summed E-state index contributed by atoms with van der Waals surface area (Å²) in [5.74, 6) is -1.41. The van der Waals surface area contributed by atoms with Crippen molar-refractivity contribution in [3.8, 4) is 0 Å². The molecular formula is C40H47N3O9. The molecule has 3 aliphatic rings. The number of imide groups is 1. The van der Waals surface area contributed by atoms with Gasteiger partial charge in [0.15, 0.2) is 6.29 Å². The number of amides is 3. The Labute approximate surface area is 304 Å². The Kier molecular flexibility index (Phi) is 11.4. The van der Waals surface area contributed by atoms with Gasteiger partial charge in [0.25, 0.3) is 5.91 Å². The normalized spacial score (nSPS) is 25.3. The fraction of sp³-hybridized carbons (Fsp3) is 0.450. The van der Waals surface area contributed by atoms with Gasteiger partial charge in [-0.15, -0.1) is 0 Å². The van der Waals surface area contributed by atoms with Crippen molar-refractivity contribution in [3.63, 3.8) is 0 Å². The number of rotatable bonds is 10. The van der Waals surface area contributed by atoms with Crippen LogP contribution in [0.15, 0.2) is 78.9 Å². The summed E-state index contributed by atoms with van der Waals surface area (Å²) in [5.41, 5.74) is 2.79. The SMILES string of the molecule is CC1C(CN2CCCC2C(=O)OC(C)(C)C)OC(c2cccc(N3C(=O)CC(NC(=O)OCc4ccccc4)C3=O)c2)OC1c1ccc(CO)cc1. The quantitative estimate of drug-likeness (QED) is 0.209. The zero-order chi connectivity index (χ0) is 37.0. The largest absolute Gasteiger partial charge is 0.459 e. The molecule has 12 heteroatoms. The summed E-state index contributed by atoms with van der Waals surface area (Å²) in [5, 5.41) is 12.2. The predicted molar refractivity (Wildman–Crippen MR) is 191 cm³/mol. The average Bonchev–Trinajstić information content (AvgIpc) is 3.70. The summed E-state index contributed by atoms with van der Waals surface area (Å²) in [6, 6.07) is 22.2. The second kappa shape index (κ2) is 16.0. The van der Waals surface area contributed by atoms with E-state index in [1.807, 2.05) is 81.4 Å². The van der Waals surface area contributed by atoms with Crippen LogP contribution in [0.3, 0.4) is 0 Å². The summed E-state index contributed by atoms with van der Waals surface area (Å²) in [7, 11) is 0. The molecule has 2 N–H and O–H groups in total. The Bertz CT molecular complexity index is 1740. The number of likely N-dealkylation sites (tertiary alicyclic amines) is 1. The summed E-state index contributed by atoms with van der Waals surface area (Å²) in [6.45, 7) is 8.78. The van der Waals surface area contributed by atoms with Crippen LogP contribution >= 0.6 is 0 Å².